The number of halogens is 3. The molecule has 0 spiro atoms. The predicted molar refractivity (Wildman–Crippen MR) is 115 cm³/mol. The van der Waals surface area contributed by atoms with Crippen LogP contribution in [0, 0.1) is 11.6 Å². The Morgan fingerprint density at radius 2 is 1.90 bits per heavy atom. The average molecular weight is 457 g/mol. The Labute approximate surface area is 186 Å². The highest BCUT2D eigenvalue weighted by Gasteiger charge is 2.35. The molecule has 0 radical (unpaired) electrons. The number of amides is 1. The monoisotopic (exact) mass is 456 g/mol. The number of methoxy groups -OCH3 is 1. The van der Waals surface area contributed by atoms with Crippen LogP contribution in [-0.2, 0) is 11.2 Å². The number of nitrogens with one attached hydrogen (secondary N) is 2. The Morgan fingerprint density at radius 1 is 1.23 bits per heavy atom. The predicted octanol–water partition coefficient (Wildman–Crippen LogP) is 2.61. The third kappa shape index (κ3) is 7.05. The van der Waals surface area contributed by atoms with Gasteiger partial charge in [-0.15, -0.1) is 12.4 Å². The van der Waals surface area contributed by atoms with Crippen LogP contribution in [0.2, 0.25) is 0 Å². The number of ether oxygens (including phenoxy) is 2. The van der Waals surface area contributed by atoms with Crippen LogP contribution in [-0.4, -0.2) is 49.0 Å². The van der Waals surface area contributed by atoms with E-state index < -0.39 is 23.8 Å². The Hall–Kier alpha value is -2.42. The molecule has 31 heavy (non-hydrogen) atoms. The minimum Gasteiger partial charge on any atom is -0.497 e. The molecule has 3 N–H and O–H groups in total. The molecule has 4 atom stereocenters. The first-order valence-electron chi connectivity index (χ1n) is 9.78. The van der Waals surface area contributed by atoms with E-state index in [9.17, 15) is 18.7 Å². The van der Waals surface area contributed by atoms with Crippen molar-refractivity contribution in [1.29, 1.82) is 0 Å². The van der Waals surface area contributed by atoms with E-state index in [0.717, 1.165) is 6.07 Å². The largest absolute Gasteiger partial charge is 0.497 e. The first-order valence-corrected chi connectivity index (χ1v) is 9.78. The van der Waals surface area contributed by atoms with Crippen molar-refractivity contribution in [3.8, 4) is 11.5 Å². The van der Waals surface area contributed by atoms with Crippen LogP contribution >= 0.6 is 12.4 Å². The summed E-state index contributed by atoms with van der Waals surface area (Å²) in [5.74, 6) is -0.398. The zero-order chi connectivity index (χ0) is 21.7. The quantitative estimate of drug-likeness (QED) is 0.569. The Morgan fingerprint density at radius 3 is 2.55 bits per heavy atom. The molecule has 0 aromatic heterocycles. The zero-order valence-electron chi connectivity index (χ0n) is 17.3. The third-order valence-electron chi connectivity index (χ3n) is 5.06. The fourth-order valence-corrected chi connectivity index (χ4v) is 3.73. The van der Waals surface area contributed by atoms with Gasteiger partial charge in [0.2, 0.25) is 5.91 Å². The lowest BCUT2D eigenvalue weighted by Gasteiger charge is -2.28. The van der Waals surface area contributed by atoms with Gasteiger partial charge in [0, 0.05) is 38.1 Å². The van der Waals surface area contributed by atoms with Gasteiger partial charge in [-0.3, -0.25) is 4.79 Å². The highest BCUT2D eigenvalue weighted by atomic mass is 35.5. The van der Waals surface area contributed by atoms with Crippen molar-refractivity contribution >= 4 is 18.3 Å². The smallest absolute Gasteiger partial charge is 0.217 e. The molecule has 1 saturated heterocycles. The molecule has 1 amide bonds. The first kappa shape index (κ1) is 24.8. The molecule has 6 nitrogen and oxygen atoms in total. The molecular weight excluding hydrogens is 430 g/mol. The Kier molecular flexibility index (Phi) is 9.03. The summed E-state index contributed by atoms with van der Waals surface area (Å²) in [6.45, 7) is 1.85. The average Bonchev–Trinajstić information content (AvgIpc) is 3.14. The summed E-state index contributed by atoms with van der Waals surface area (Å²) in [6.07, 6.45) is -0.554. The fourth-order valence-electron chi connectivity index (χ4n) is 3.73. The molecule has 1 heterocycles. The molecule has 0 bridgehead atoms. The van der Waals surface area contributed by atoms with E-state index in [1.807, 2.05) is 18.2 Å². The molecular formula is C22H27ClF2N2O4. The molecule has 3 rings (SSSR count). The molecule has 1 aliphatic rings. The fraction of sp³-hybridized carbons (Fsp3) is 0.409. The number of carbonyl (C=O) groups excluding carboxylic acids is 1. The maximum atomic E-state index is 13.5. The second-order valence-electron chi connectivity index (χ2n) is 7.45. The standard InChI is InChI=1S/C22H26F2N2O4.ClH/c1-13(27)26-21(8-14-6-15(23)9-16(24)7-14)22(28)20-11-19(12-25-20)30-18-5-3-4-17(10-18)29-2;/h3-7,9-10,19-22,25,28H,8,11-12H2,1-2H3,(H,26,27);1H/t19-,20-,21+,22-;/m1./s1. The van der Waals surface area contributed by atoms with Crippen LogP contribution in [0.4, 0.5) is 8.78 Å². The van der Waals surface area contributed by atoms with Gasteiger partial charge in [0.15, 0.2) is 0 Å². The summed E-state index contributed by atoms with van der Waals surface area (Å²) in [5, 5.41) is 16.8. The summed E-state index contributed by atoms with van der Waals surface area (Å²) >= 11 is 0. The summed E-state index contributed by atoms with van der Waals surface area (Å²) in [7, 11) is 1.58. The molecule has 0 unspecified atom stereocenters. The summed E-state index contributed by atoms with van der Waals surface area (Å²) in [5.41, 5.74) is 0.354. The van der Waals surface area contributed by atoms with Crippen molar-refractivity contribution in [1.82, 2.24) is 10.6 Å². The van der Waals surface area contributed by atoms with Crippen LogP contribution in [0.25, 0.3) is 0 Å². The molecule has 2 aromatic rings. The van der Waals surface area contributed by atoms with Crippen LogP contribution in [0.1, 0.15) is 18.9 Å². The topological polar surface area (TPSA) is 79.8 Å². The zero-order valence-corrected chi connectivity index (χ0v) is 18.1. The minimum atomic E-state index is -0.973. The number of carbonyl (C=O) groups is 1. The van der Waals surface area contributed by atoms with E-state index >= 15 is 0 Å². The van der Waals surface area contributed by atoms with Crippen molar-refractivity contribution < 1.29 is 28.2 Å². The van der Waals surface area contributed by atoms with Crippen LogP contribution in [0.5, 0.6) is 11.5 Å². The normalized spacial score (nSPS) is 19.8. The van der Waals surface area contributed by atoms with Gasteiger partial charge >= 0.3 is 0 Å². The van der Waals surface area contributed by atoms with Gasteiger partial charge in [0.25, 0.3) is 0 Å². The van der Waals surface area contributed by atoms with Gasteiger partial charge in [0.1, 0.15) is 29.2 Å². The van der Waals surface area contributed by atoms with E-state index in [1.54, 1.807) is 13.2 Å². The number of rotatable bonds is 8. The molecule has 2 aromatic carbocycles. The Balaban J connectivity index is 0.00000341. The van der Waals surface area contributed by atoms with Gasteiger partial charge in [-0.1, -0.05) is 6.07 Å². The van der Waals surface area contributed by atoms with E-state index in [-0.39, 0.29) is 36.9 Å². The van der Waals surface area contributed by atoms with Crippen LogP contribution < -0.4 is 20.1 Å². The number of hydrogen-bond acceptors (Lipinski definition) is 5. The van der Waals surface area contributed by atoms with Crippen molar-refractivity contribution in [2.24, 2.45) is 0 Å². The third-order valence-corrected chi connectivity index (χ3v) is 5.06. The van der Waals surface area contributed by atoms with Gasteiger partial charge < -0.3 is 25.2 Å². The maximum absolute atomic E-state index is 13.5. The van der Waals surface area contributed by atoms with Crippen LogP contribution in [0.15, 0.2) is 42.5 Å². The number of hydrogen-bond donors (Lipinski definition) is 3. The SMILES string of the molecule is COc1cccc(O[C@H]2CN[C@@H]([C@@H](O)[C@H](Cc3cc(F)cc(F)c3)NC(C)=O)C2)c1.Cl. The van der Waals surface area contributed by atoms with Crippen molar-refractivity contribution in [3.05, 3.63) is 59.7 Å². The number of aliphatic hydroxyl groups is 1. The second kappa shape index (κ2) is 11.3. The molecule has 0 aliphatic carbocycles. The summed E-state index contributed by atoms with van der Waals surface area (Å²) < 4.78 is 38.2. The Bertz CT molecular complexity index is 866. The van der Waals surface area contributed by atoms with E-state index in [4.69, 9.17) is 9.47 Å². The maximum Gasteiger partial charge on any atom is 0.217 e. The van der Waals surface area contributed by atoms with E-state index in [2.05, 4.69) is 10.6 Å². The molecule has 0 saturated carbocycles. The lowest BCUT2D eigenvalue weighted by molar-refractivity contribution is -0.120. The number of aliphatic hydroxyl groups excluding tert-OH is 1. The van der Waals surface area contributed by atoms with E-state index in [1.165, 1.54) is 19.1 Å². The molecule has 1 aliphatic heterocycles. The van der Waals surface area contributed by atoms with Gasteiger partial charge in [-0.05, 0) is 36.2 Å². The van der Waals surface area contributed by atoms with Crippen LogP contribution in [0.3, 0.4) is 0 Å². The van der Waals surface area contributed by atoms with Crippen molar-refractivity contribution in [3.63, 3.8) is 0 Å². The molecule has 9 heteroatoms. The van der Waals surface area contributed by atoms with E-state index in [0.29, 0.717) is 30.0 Å². The summed E-state index contributed by atoms with van der Waals surface area (Å²) in [6, 6.07) is 9.36. The summed E-state index contributed by atoms with van der Waals surface area (Å²) in [4.78, 5) is 11.6. The van der Waals surface area contributed by atoms with Gasteiger partial charge in [-0.2, -0.15) is 0 Å². The number of benzene rings is 2. The lowest BCUT2D eigenvalue weighted by atomic mass is 9.95. The van der Waals surface area contributed by atoms with Crippen molar-refractivity contribution in [2.75, 3.05) is 13.7 Å². The highest BCUT2D eigenvalue weighted by Crippen LogP contribution is 2.24. The van der Waals surface area contributed by atoms with Gasteiger partial charge in [-0.25, -0.2) is 8.78 Å². The van der Waals surface area contributed by atoms with Gasteiger partial charge in [0.05, 0.1) is 19.3 Å². The first-order chi connectivity index (χ1) is 14.3. The minimum absolute atomic E-state index is 0. The second-order valence-corrected chi connectivity index (χ2v) is 7.45. The molecule has 1 fully saturated rings. The lowest BCUT2D eigenvalue weighted by Crippen LogP contribution is -2.51. The van der Waals surface area contributed by atoms with Crippen molar-refractivity contribution in [2.45, 2.75) is 44.1 Å². The molecule has 170 valence electrons. The highest BCUT2D eigenvalue weighted by molar-refractivity contribution is 5.85.